The molecule has 8 aliphatic rings. The number of thioether (sulfide) groups is 4. The van der Waals surface area contributed by atoms with Crippen LogP contribution in [0.25, 0.3) is 0 Å². The van der Waals surface area contributed by atoms with Gasteiger partial charge in [0.15, 0.2) is 0 Å². The molecule has 0 aromatic rings. The highest BCUT2D eigenvalue weighted by atomic mass is 32.2. The number of hydrogen-bond donors (Lipinski definition) is 10. The molecule has 20 heteroatoms. The predicted octanol–water partition coefficient (Wildman–Crippen LogP) is 2.38. The van der Waals surface area contributed by atoms with Gasteiger partial charge in [-0.2, -0.15) is 118 Å². The smallest absolute Gasteiger partial charge is 0.105 e. The van der Waals surface area contributed by atoms with Crippen LogP contribution in [0.1, 0.15) is 172 Å². The molecule has 8 aliphatic heterocycles. The molecule has 0 bridgehead atoms. The Morgan fingerprint density at radius 3 is 1.47 bits per heavy atom. The highest BCUT2D eigenvalue weighted by molar-refractivity contribution is 8.00. The fraction of sp³-hybridized carbons (Fsp3) is 0.861. The number of quaternary nitrogens is 10. The fourth-order valence-corrected chi connectivity index (χ4v) is 15.9. The van der Waals surface area contributed by atoms with E-state index in [1.54, 1.807) is 7.11 Å². The maximum absolute atomic E-state index is 5.84. The summed E-state index contributed by atoms with van der Waals surface area (Å²) in [6.07, 6.45) is 21.2. The van der Waals surface area contributed by atoms with Gasteiger partial charge in [-0.05, 0) is 175 Å². The van der Waals surface area contributed by atoms with Gasteiger partial charge in [-0.1, -0.05) is 20.3 Å². The summed E-state index contributed by atoms with van der Waals surface area (Å²) in [6.45, 7) is 36.9. The molecule has 0 aliphatic carbocycles. The van der Waals surface area contributed by atoms with Gasteiger partial charge in [0.25, 0.3) is 0 Å². The van der Waals surface area contributed by atoms with E-state index in [1.807, 2.05) is 61.2 Å². The number of rotatable bonds is 25. The third-order valence-corrected chi connectivity index (χ3v) is 22.7. The summed E-state index contributed by atoms with van der Waals surface area (Å²) in [6, 6.07) is 1.09. The van der Waals surface area contributed by atoms with Gasteiger partial charge in [0, 0.05) is 67.2 Å². The molecule has 0 radical (unpaired) electrons. The van der Waals surface area contributed by atoms with E-state index in [0.717, 1.165) is 120 Å². The number of ether oxygens (including phenoxy) is 6. The topological polar surface area (TPSA) is 221 Å². The van der Waals surface area contributed by atoms with Gasteiger partial charge < -0.3 is 81.6 Å². The van der Waals surface area contributed by atoms with Gasteiger partial charge in [-0.15, -0.1) is 0 Å². The van der Waals surface area contributed by atoms with Crippen molar-refractivity contribution in [2.24, 2.45) is 35.0 Å². The maximum Gasteiger partial charge on any atom is 0.105 e. The lowest BCUT2D eigenvalue weighted by Gasteiger charge is -2.36. The highest BCUT2D eigenvalue weighted by Crippen LogP contribution is 2.30. The summed E-state index contributed by atoms with van der Waals surface area (Å²) in [4.78, 5) is 0. The summed E-state index contributed by atoms with van der Waals surface area (Å²) >= 11 is 8.34. The van der Waals surface area contributed by atoms with Crippen LogP contribution in [0.4, 0.5) is 0 Å². The van der Waals surface area contributed by atoms with Crippen molar-refractivity contribution in [1.82, 2.24) is 0 Å². The van der Waals surface area contributed by atoms with Crippen LogP contribution in [0, 0.1) is 105 Å². The molecule has 8 heterocycles. The van der Waals surface area contributed by atoms with Crippen LogP contribution in [0.5, 0.6) is 0 Å². The second-order valence-electron chi connectivity index (χ2n) is 28.3. The molecule has 8 fully saturated rings. The van der Waals surface area contributed by atoms with E-state index < -0.39 is 0 Å². The zero-order valence-corrected chi connectivity index (χ0v) is 65.3. The average Bonchev–Trinajstić information content (AvgIpc) is 1.44. The molecular weight excluding hydrogens is 1230 g/mol. The first-order valence-corrected chi connectivity index (χ1v) is 40.7. The Kier molecular flexibility index (Phi) is 64.7. The summed E-state index contributed by atoms with van der Waals surface area (Å²) in [5, 5.41) is 20.9. The van der Waals surface area contributed by atoms with Gasteiger partial charge >= 0.3 is 0 Å². The molecule has 0 aromatic carbocycles. The monoisotopic (exact) mass is 1390 g/mol. The molecule has 0 saturated carbocycles. The van der Waals surface area contributed by atoms with Crippen LogP contribution in [-0.4, -0.2) is 186 Å². The Morgan fingerprint density at radius 2 is 1.05 bits per heavy atom. The molecule has 16 nitrogen and oxygen atoms in total. The van der Waals surface area contributed by atoms with Crippen LogP contribution in [-0.2, 0) is 28.4 Å². The quantitative estimate of drug-likeness (QED) is 0.0602. The van der Waals surface area contributed by atoms with Gasteiger partial charge in [-0.25, -0.2) is 0 Å². The van der Waals surface area contributed by atoms with Crippen molar-refractivity contribution in [3.63, 3.8) is 0 Å². The van der Waals surface area contributed by atoms with E-state index in [9.17, 15) is 0 Å². The number of methoxy groups -OCH3 is 1. The van der Waals surface area contributed by atoms with Crippen molar-refractivity contribution >= 4 is 47.0 Å². The molecule has 0 aromatic heterocycles. The minimum atomic E-state index is 0.103. The molecule has 8 saturated heterocycles. The molecule has 92 heavy (non-hydrogen) atoms. The highest BCUT2D eigenvalue weighted by Gasteiger charge is 2.34. The molecular formula is C72H158N10O6S4. The Labute approximate surface area is 588 Å². The van der Waals surface area contributed by atoms with E-state index in [-0.39, 0.29) is 16.8 Å². The Balaban J connectivity index is 0. The lowest BCUT2D eigenvalue weighted by Crippen LogP contribution is -2.84. The standard InChI is InChI=1S/3C9H19NO.C7H17NO.3C7H15NS.C6H13NO.C6H15NO.C5H11NS/c1-9(2)6-8(7-10-3)4-5-11-9;1-9(2)5-4-8(6-10-3)7-11-9;1-9(2)6-4-5-8(11-9)7-10-3;1-4-7(8-3)6-9-5-2;1-8-6-7-2-4-9-5-3-7;1-8-5-7-3-2-4-9-6-7;1-8-6-7-4-2-3-5-9-7;1-6(3-7-2)4-8-5-6;1-4-6(7-2)5-8-3;1-6-2-5-3-7-4-5/h3*8H,3-7,10H2,1-2H3;7H,3-6,8H2,1-2H3;3*7H,1-6,8H2;2-5,7H2,1H3;6H,2,4-5,7H2,1,3H3;5H,1-4,6H2. The molecule has 556 valence electrons. The summed E-state index contributed by atoms with van der Waals surface area (Å²) in [7, 11) is 38.9. The average molecular weight is 1390 g/mol. The lowest BCUT2D eigenvalue weighted by molar-refractivity contribution is -0.636. The Hall–Kier alpha value is 0.760. The minimum Gasteiger partial charge on any atom is -0.479 e. The van der Waals surface area contributed by atoms with Crippen LogP contribution in [0.3, 0.4) is 0 Å². The van der Waals surface area contributed by atoms with E-state index in [0.29, 0.717) is 23.6 Å². The van der Waals surface area contributed by atoms with E-state index in [2.05, 4.69) is 179 Å². The molecule has 7 unspecified atom stereocenters. The number of nitrogens with two attached hydrogens (primary N) is 10. The molecule has 0 amide bonds. The zero-order chi connectivity index (χ0) is 69.2. The van der Waals surface area contributed by atoms with Crippen LogP contribution < -0.4 is 53.2 Å². The van der Waals surface area contributed by atoms with Crippen molar-refractivity contribution in [2.45, 2.75) is 212 Å². The molecule has 8 rings (SSSR count). The van der Waals surface area contributed by atoms with Crippen molar-refractivity contribution in [3.05, 3.63) is 70.5 Å². The summed E-state index contributed by atoms with van der Waals surface area (Å²) in [5.41, 5.74) is 0.761. The van der Waals surface area contributed by atoms with Crippen molar-refractivity contribution in [2.75, 3.05) is 146 Å². The van der Waals surface area contributed by atoms with Crippen molar-refractivity contribution in [3.8, 4) is 0 Å². The van der Waals surface area contributed by atoms with Gasteiger partial charge in [0.1, 0.15) is 6.10 Å². The SMILES string of the molecule is [CH2-][NH2+]C(CC)COC.[CH2-][NH2+]C(CC)COCC.[CH2-][NH2+]CC1(C)COC1.[CH2-][NH2+]CC1CCC(C)(C)OC1.[CH2-][NH2+]CC1CCCC(C)(C)O1.[CH2-][NH2+]CC1CCCCS1.[CH2-][NH2+]CC1CCCSC1.[CH2-][NH2+]CC1CCOC(C)(C)C1.[CH2-][NH2+]CC1CCSCC1.[CH2-][NH2+]CC1CSC1. The second kappa shape index (κ2) is 62.7. The first-order chi connectivity index (χ1) is 44.1. The largest absolute Gasteiger partial charge is 0.479 e. The normalized spacial score (nSPS) is 24.9. The summed E-state index contributed by atoms with van der Waals surface area (Å²) < 4.78 is 32.3. The Bertz CT molecular complexity index is 1430. The van der Waals surface area contributed by atoms with Gasteiger partial charge in [0.2, 0.25) is 0 Å². The minimum absolute atomic E-state index is 0.103. The van der Waals surface area contributed by atoms with Crippen molar-refractivity contribution < 1.29 is 81.6 Å². The predicted molar refractivity (Wildman–Crippen MR) is 397 cm³/mol. The van der Waals surface area contributed by atoms with Crippen LogP contribution in [0.2, 0.25) is 0 Å². The van der Waals surface area contributed by atoms with Crippen molar-refractivity contribution in [1.29, 1.82) is 0 Å². The molecule has 20 N–H and O–H groups in total. The van der Waals surface area contributed by atoms with E-state index in [4.69, 9.17) is 28.4 Å². The lowest BCUT2D eigenvalue weighted by atomic mass is 9.88. The maximum atomic E-state index is 5.84. The second-order valence-corrected chi connectivity index (χ2v) is 33.1. The molecule has 7 atom stereocenters. The first kappa shape index (κ1) is 94.8. The Morgan fingerprint density at radius 1 is 0.478 bits per heavy atom. The van der Waals surface area contributed by atoms with E-state index in [1.165, 1.54) is 156 Å². The first-order valence-electron chi connectivity index (χ1n) is 36.2. The third kappa shape index (κ3) is 55.5. The number of hydrogen-bond acceptors (Lipinski definition) is 10. The van der Waals surface area contributed by atoms with Gasteiger partial charge in [0.05, 0.1) is 125 Å². The van der Waals surface area contributed by atoms with E-state index >= 15 is 0 Å². The zero-order valence-electron chi connectivity index (χ0n) is 62.0. The van der Waals surface area contributed by atoms with Gasteiger partial charge in [-0.3, -0.25) is 0 Å². The third-order valence-electron chi connectivity index (χ3n) is 17.6. The fourth-order valence-electron chi connectivity index (χ4n) is 11.3. The molecule has 0 spiro atoms. The van der Waals surface area contributed by atoms with Crippen LogP contribution >= 0.6 is 47.0 Å². The van der Waals surface area contributed by atoms with Crippen LogP contribution in [0.15, 0.2) is 0 Å². The summed E-state index contributed by atoms with van der Waals surface area (Å²) in [5.74, 6) is 14.0.